The van der Waals surface area contributed by atoms with Crippen molar-refractivity contribution in [2.24, 2.45) is 0 Å². The van der Waals surface area contributed by atoms with Crippen molar-refractivity contribution < 1.29 is 14.1 Å². The predicted octanol–water partition coefficient (Wildman–Crippen LogP) is 3.83. The van der Waals surface area contributed by atoms with Crippen LogP contribution in [0.25, 0.3) is 11.4 Å². The molecule has 0 aliphatic rings. The van der Waals surface area contributed by atoms with Crippen LogP contribution in [0.2, 0.25) is 8.67 Å². The summed E-state index contributed by atoms with van der Waals surface area (Å²) in [5.41, 5.74) is 0.990. The Balaban J connectivity index is 1.63. The Morgan fingerprint density at radius 3 is 2.88 bits per heavy atom. The average molecular weight is 399 g/mol. The molecule has 0 spiro atoms. The molecule has 0 saturated heterocycles. The molecule has 0 bridgehead atoms. The van der Waals surface area contributed by atoms with Crippen LogP contribution in [-0.2, 0) is 6.54 Å². The average Bonchev–Trinajstić information content (AvgIpc) is 3.20. The zero-order chi connectivity index (χ0) is 17.8. The van der Waals surface area contributed by atoms with Crippen molar-refractivity contribution in [1.29, 1.82) is 0 Å². The van der Waals surface area contributed by atoms with E-state index in [4.69, 9.17) is 32.5 Å². The van der Waals surface area contributed by atoms with E-state index >= 15 is 0 Å². The van der Waals surface area contributed by atoms with Gasteiger partial charge < -0.3 is 14.6 Å². The van der Waals surface area contributed by atoms with Gasteiger partial charge in [0.2, 0.25) is 17.6 Å². The fraction of sp³-hybridized carbons (Fsp3) is 0.200. The number of nitrogens with one attached hydrogen (secondary N) is 1. The molecule has 1 N–H and O–H groups in total. The van der Waals surface area contributed by atoms with Crippen molar-refractivity contribution >= 4 is 40.4 Å². The molecule has 25 heavy (non-hydrogen) atoms. The van der Waals surface area contributed by atoms with Gasteiger partial charge in [0.05, 0.1) is 23.1 Å². The van der Waals surface area contributed by atoms with Crippen LogP contribution in [0, 0.1) is 0 Å². The monoisotopic (exact) mass is 398 g/mol. The third-order valence-corrected chi connectivity index (χ3v) is 4.54. The van der Waals surface area contributed by atoms with Gasteiger partial charge in [-0.2, -0.15) is 4.98 Å². The highest BCUT2D eigenvalue weighted by Crippen LogP contribution is 2.31. The van der Waals surface area contributed by atoms with Gasteiger partial charge in [-0.05, 0) is 19.1 Å². The normalized spacial score (nSPS) is 10.7. The number of nitrogens with zero attached hydrogens (tertiary/aromatic N) is 3. The number of rotatable bonds is 6. The molecule has 130 valence electrons. The number of pyridine rings is 1. The first-order valence-electron chi connectivity index (χ1n) is 7.21. The molecule has 3 aromatic rings. The molecule has 0 atom stereocenters. The molecule has 7 nitrogen and oxygen atoms in total. The molecule has 3 heterocycles. The third-order valence-electron chi connectivity index (χ3n) is 3.06. The Hall–Kier alpha value is -2.16. The number of amides is 1. The van der Waals surface area contributed by atoms with Crippen LogP contribution < -0.4 is 10.1 Å². The molecule has 0 unspecified atom stereocenters. The molecule has 0 radical (unpaired) electrons. The Bertz CT molecular complexity index is 879. The Kier molecular flexibility index (Phi) is 5.52. The minimum Gasteiger partial charge on any atom is -0.478 e. The summed E-state index contributed by atoms with van der Waals surface area (Å²) < 4.78 is 11.2. The zero-order valence-corrected chi connectivity index (χ0v) is 15.3. The number of thiophene rings is 1. The maximum atomic E-state index is 12.1. The van der Waals surface area contributed by atoms with Crippen LogP contribution in [0.1, 0.15) is 23.2 Å². The van der Waals surface area contributed by atoms with Gasteiger partial charge in [-0.3, -0.25) is 4.79 Å². The number of ether oxygens (including phenoxy) is 1. The molecule has 3 rings (SSSR count). The molecule has 0 fully saturated rings. The fourth-order valence-corrected chi connectivity index (χ4v) is 3.39. The number of aromatic nitrogens is 3. The lowest BCUT2D eigenvalue weighted by molar-refractivity contribution is 0.0947. The molecular formula is C15H12Cl2N4O3S. The van der Waals surface area contributed by atoms with Crippen molar-refractivity contribution in [3.05, 3.63) is 44.5 Å². The highest BCUT2D eigenvalue weighted by atomic mass is 35.5. The summed E-state index contributed by atoms with van der Waals surface area (Å²) in [7, 11) is 0. The van der Waals surface area contributed by atoms with Crippen LogP contribution in [0.4, 0.5) is 0 Å². The second kappa shape index (κ2) is 7.81. The van der Waals surface area contributed by atoms with Gasteiger partial charge >= 0.3 is 0 Å². The summed E-state index contributed by atoms with van der Waals surface area (Å²) in [5, 5.41) is 6.52. The number of hydrogen-bond acceptors (Lipinski definition) is 7. The minimum atomic E-state index is -0.365. The highest BCUT2D eigenvalue weighted by molar-refractivity contribution is 7.20. The first-order chi connectivity index (χ1) is 12.1. The quantitative estimate of drug-likeness (QED) is 0.678. The SMILES string of the molecule is CCOc1ccc(-c2noc(CNC(=O)c3cc(Cl)sc3Cl)n2)cn1. The first kappa shape index (κ1) is 17.7. The fourth-order valence-electron chi connectivity index (χ4n) is 1.94. The van der Waals surface area contributed by atoms with E-state index in [9.17, 15) is 4.79 Å². The van der Waals surface area contributed by atoms with Gasteiger partial charge in [-0.15, -0.1) is 11.3 Å². The lowest BCUT2D eigenvalue weighted by Crippen LogP contribution is -2.22. The third kappa shape index (κ3) is 4.28. The van der Waals surface area contributed by atoms with Crippen LogP contribution in [0.3, 0.4) is 0 Å². The smallest absolute Gasteiger partial charge is 0.254 e. The highest BCUT2D eigenvalue weighted by Gasteiger charge is 2.16. The summed E-state index contributed by atoms with van der Waals surface area (Å²) in [6.07, 6.45) is 1.59. The van der Waals surface area contributed by atoms with Crippen molar-refractivity contribution in [3.63, 3.8) is 0 Å². The lowest BCUT2D eigenvalue weighted by Gasteiger charge is -2.01. The van der Waals surface area contributed by atoms with Crippen molar-refractivity contribution in [2.75, 3.05) is 6.61 Å². The van der Waals surface area contributed by atoms with E-state index in [0.717, 1.165) is 11.3 Å². The van der Waals surface area contributed by atoms with E-state index < -0.39 is 0 Å². The van der Waals surface area contributed by atoms with Crippen molar-refractivity contribution in [3.8, 4) is 17.3 Å². The van der Waals surface area contributed by atoms with E-state index in [2.05, 4.69) is 20.4 Å². The molecule has 0 saturated carbocycles. The summed E-state index contributed by atoms with van der Waals surface area (Å²) >= 11 is 12.9. The summed E-state index contributed by atoms with van der Waals surface area (Å²) in [4.78, 5) is 20.4. The summed E-state index contributed by atoms with van der Waals surface area (Å²) in [6.45, 7) is 2.49. The summed E-state index contributed by atoms with van der Waals surface area (Å²) in [6, 6.07) is 5.01. The Labute approximate surface area is 156 Å². The zero-order valence-electron chi connectivity index (χ0n) is 13.0. The van der Waals surface area contributed by atoms with Gasteiger partial charge in [0.25, 0.3) is 5.91 Å². The van der Waals surface area contributed by atoms with Gasteiger partial charge in [0, 0.05) is 17.8 Å². The van der Waals surface area contributed by atoms with Crippen LogP contribution in [0.15, 0.2) is 28.9 Å². The van der Waals surface area contributed by atoms with Crippen molar-refractivity contribution in [2.45, 2.75) is 13.5 Å². The van der Waals surface area contributed by atoms with E-state index in [1.165, 1.54) is 6.07 Å². The number of halogens is 2. The number of carbonyl (C=O) groups is 1. The molecule has 0 aliphatic carbocycles. The Morgan fingerprint density at radius 2 is 2.24 bits per heavy atom. The standard InChI is InChI=1S/C15H12Cl2N4O3S/c1-2-23-11-4-3-8(6-18-11)14-20-12(24-21-14)7-19-15(22)9-5-10(16)25-13(9)17/h3-6H,2,7H2,1H3,(H,19,22). The molecule has 1 amide bonds. The van der Waals surface area contributed by atoms with E-state index in [-0.39, 0.29) is 18.3 Å². The van der Waals surface area contributed by atoms with Crippen LogP contribution in [-0.4, -0.2) is 27.6 Å². The second-order valence-corrected chi connectivity index (χ2v) is 7.04. The van der Waals surface area contributed by atoms with Gasteiger partial charge in [0.15, 0.2) is 0 Å². The maximum absolute atomic E-state index is 12.1. The van der Waals surface area contributed by atoms with Gasteiger partial charge in [0.1, 0.15) is 4.34 Å². The first-order valence-corrected chi connectivity index (χ1v) is 8.79. The number of hydrogen-bond donors (Lipinski definition) is 1. The molecule has 3 aromatic heterocycles. The number of carbonyl (C=O) groups excluding carboxylic acids is 1. The van der Waals surface area contributed by atoms with Crippen LogP contribution >= 0.6 is 34.5 Å². The maximum Gasteiger partial charge on any atom is 0.254 e. The van der Waals surface area contributed by atoms with Crippen LogP contribution in [0.5, 0.6) is 5.88 Å². The largest absolute Gasteiger partial charge is 0.478 e. The Morgan fingerprint density at radius 1 is 1.40 bits per heavy atom. The van der Waals surface area contributed by atoms with Crippen molar-refractivity contribution in [1.82, 2.24) is 20.4 Å². The molecule has 0 aromatic carbocycles. The molecular weight excluding hydrogens is 387 g/mol. The second-order valence-electron chi connectivity index (χ2n) is 4.75. The van der Waals surface area contributed by atoms with E-state index in [1.807, 2.05) is 6.92 Å². The topological polar surface area (TPSA) is 90.1 Å². The van der Waals surface area contributed by atoms with Gasteiger partial charge in [-0.1, -0.05) is 28.4 Å². The molecule has 0 aliphatic heterocycles. The summed E-state index contributed by atoms with van der Waals surface area (Å²) in [5.74, 6) is 0.787. The molecule has 10 heteroatoms. The van der Waals surface area contributed by atoms with E-state index in [0.29, 0.717) is 38.1 Å². The van der Waals surface area contributed by atoms with Gasteiger partial charge in [-0.25, -0.2) is 4.98 Å². The minimum absolute atomic E-state index is 0.0695. The lowest BCUT2D eigenvalue weighted by atomic mass is 10.3. The van der Waals surface area contributed by atoms with E-state index in [1.54, 1.807) is 18.3 Å². The predicted molar refractivity (Wildman–Crippen MR) is 94.2 cm³/mol.